The fourth-order valence-electron chi connectivity index (χ4n) is 2.10. The number of rotatable bonds is 1. The minimum atomic E-state index is -0.457. The number of primary amides is 1. The number of carbonyl (C=O) groups is 1. The van der Waals surface area contributed by atoms with Crippen LogP contribution in [0.4, 0.5) is 0 Å². The van der Waals surface area contributed by atoms with Crippen LogP contribution in [0.1, 0.15) is 21.5 Å². The molecule has 1 amide bonds. The normalized spacial score (nSPS) is 12.2. The van der Waals surface area contributed by atoms with Crippen molar-refractivity contribution in [2.24, 2.45) is 5.73 Å². The van der Waals surface area contributed by atoms with Gasteiger partial charge in [-0.25, -0.2) is 0 Å². The predicted molar refractivity (Wildman–Crippen MR) is 64.3 cm³/mol. The standard InChI is InChI=1S/C14H11NO2/c15-14(16)11-6-3-5-10-8-9-4-1-2-7-12(9)17-13(10)11/h1-7H,8H2,(H2,15,16). The predicted octanol–water partition coefficient (Wildman–Crippen LogP) is 2.48. The highest BCUT2D eigenvalue weighted by Gasteiger charge is 2.21. The third-order valence-corrected chi connectivity index (χ3v) is 2.93. The first kappa shape index (κ1) is 9.90. The van der Waals surface area contributed by atoms with Crippen molar-refractivity contribution in [2.75, 3.05) is 0 Å². The molecule has 2 aromatic carbocycles. The highest BCUT2D eigenvalue weighted by atomic mass is 16.5. The first-order chi connectivity index (χ1) is 8.25. The number of hydrogen-bond acceptors (Lipinski definition) is 2. The van der Waals surface area contributed by atoms with Gasteiger partial charge in [0.1, 0.15) is 11.5 Å². The van der Waals surface area contributed by atoms with Crippen molar-refractivity contribution in [3.05, 3.63) is 59.2 Å². The quantitative estimate of drug-likeness (QED) is 0.691. The summed E-state index contributed by atoms with van der Waals surface area (Å²) in [5, 5.41) is 0. The Morgan fingerprint density at radius 3 is 2.65 bits per heavy atom. The van der Waals surface area contributed by atoms with Gasteiger partial charge in [0.15, 0.2) is 0 Å². The zero-order chi connectivity index (χ0) is 11.8. The van der Waals surface area contributed by atoms with Crippen LogP contribution in [0, 0.1) is 0 Å². The molecule has 0 saturated carbocycles. The van der Waals surface area contributed by atoms with E-state index in [1.807, 2.05) is 36.4 Å². The smallest absolute Gasteiger partial charge is 0.252 e. The van der Waals surface area contributed by atoms with Crippen LogP contribution in [0.5, 0.6) is 11.5 Å². The van der Waals surface area contributed by atoms with Crippen molar-refractivity contribution < 1.29 is 9.53 Å². The molecule has 0 aliphatic carbocycles. The third kappa shape index (κ3) is 1.56. The van der Waals surface area contributed by atoms with Gasteiger partial charge in [-0.1, -0.05) is 30.3 Å². The van der Waals surface area contributed by atoms with Crippen molar-refractivity contribution >= 4 is 5.91 Å². The highest BCUT2D eigenvalue weighted by Crippen LogP contribution is 2.38. The van der Waals surface area contributed by atoms with Crippen LogP contribution in [0.25, 0.3) is 0 Å². The third-order valence-electron chi connectivity index (χ3n) is 2.93. The van der Waals surface area contributed by atoms with E-state index in [0.717, 1.165) is 23.3 Å². The fraction of sp³-hybridized carbons (Fsp3) is 0.0714. The maximum Gasteiger partial charge on any atom is 0.252 e. The molecular formula is C14H11NO2. The lowest BCUT2D eigenvalue weighted by Gasteiger charge is -2.21. The van der Waals surface area contributed by atoms with Gasteiger partial charge in [0.05, 0.1) is 5.56 Å². The molecule has 0 bridgehead atoms. The molecular weight excluding hydrogens is 214 g/mol. The van der Waals surface area contributed by atoms with E-state index in [1.165, 1.54) is 0 Å². The Morgan fingerprint density at radius 1 is 1.06 bits per heavy atom. The van der Waals surface area contributed by atoms with Gasteiger partial charge in [-0.2, -0.15) is 0 Å². The molecule has 0 radical (unpaired) electrons. The molecule has 2 N–H and O–H groups in total. The topological polar surface area (TPSA) is 52.3 Å². The molecule has 0 atom stereocenters. The molecule has 17 heavy (non-hydrogen) atoms. The maximum atomic E-state index is 11.3. The SMILES string of the molecule is NC(=O)c1cccc2c1Oc1ccccc1C2. The van der Waals surface area contributed by atoms with Crippen molar-refractivity contribution in [1.29, 1.82) is 0 Å². The van der Waals surface area contributed by atoms with Crippen molar-refractivity contribution in [2.45, 2.75) is 6.42 Å². The number of carbonyl (C=O) groups excluding carboxylic acids is 1. The summed E-state index contributed by atoms with van der Waals surface area (Å²) in [5.74, 6) is 0.939. The summed E-state index contributed by atoms with van der Waals surface area (Å²) in [4.78, 5) is 11.3. The Kier molecular flexibility index (Phi) is 2.11. The van der Waals surface area contributed by atoms with E-state index in [2.05, 4.69) is 0 Å². The van der Waals surface area contributed by atoms with E-state index in [-0.39, 0.29) is 0 Å². The minimum Gasteiger partial charge on any atom is -0.456 e. The lowest BCUT2D eigenvalue weighted by atomic mass is 9.98. The molecule has 3 nitrogen and oxygen atoms in total. The molecule has 1 heterocycles. The monoisotopic (exact) mass is 225 g/mol. The fourth-order valence-corrected chi connectivity index (χ4v) is 2.10. The van der Waals surface area contributed by atoms with Crippen molar-refractivity contribution in [3.63, 3.8) is 0 Å². The number of amides is 1. The molecule has 0 unspecified atom stereocenters. The summed E-state index contributed by atoms with van der Waals surface area (Å²) in [7, 11) is 0. The van der Waals surface area contributed by atoms with E-state index in [1.54, 1.807) is 6.07 Å². The molecule has 1 aliphatic heterocycles. The van der Waals surface area contributed by atoms with E-state index in [4.69, 9.17) is 10.5 Å². The molecule has 2 aromatic rings. The Morgan fingerprint density at radius 2 is 1.82 bits per heavy atom. The Hall–Kier alpha value is -2.29. The number of para-hydroxylation sites is 2. The zero-order valence-corrected chi connectivity index (χ0v) is 9.14. The average Bonchev–Trinajstić information content (AvgIpc) is 2.35. The van der Waals surface area contributed by atoms with Gasteiger partial charge < -0.3 is 10.5 Å². The second kappa shape index (κ2) is 3.63. The van der Waals surface area contributed by atoms with Gasteiger partial charge in [0.25, 0.3) is 5.91 Å². The summed E-state index contributed by atoms with van der Waals surface area (Å²) in [6.07, 6.45) is 0.770. The lowest BCUT2D eigenvalue weighted by Crippen LogP contribution is -2.15. The maximum absolute atomic E-state index is 11.3. The number of benzene rings is 2. The molecule has 0 fully saturated rings. The first-order valence-corrected chi connectivity index (χ1v) is 5.43. The van der Waals surface area contributed by atoms with Gasteiger partial charge in [-0.15, -0.1) is 0 Å². The minimum absolute atomic E-state index is 0.442. The Balaban J connectivity index is 2.15. The van der Waals surface area contributed by atoms with Crippen LogP contribution in [0.2, 0.25) is 0 Å². The van der Waals surface area contributed by atoms with Crippen molar-refractivity contribution in [3.8, 4) is 11.5 Å². The summed E-state index contributed by atoms with van der Waals surface area (Å²) in [6.45, 7) is 0. The summed E-state index contributed by atoms with van der Waals surface area (Å²) in [5.41, 5.74) is 7.91. The van der Waals surface area contributed by atoms with Crippen LogP contribution < -0.4 is 10.5 Å². The largest absolute Gasteiger partial charge is 0.456 e. The summed E-state index contributed by atoms with van der Waals surface area (Å²) in [6, 6.07) is 13.3. The van der Waals surface area contributed by atoms with E-state index >= 15 is 0 Å². The average molecular weight is 225 g/mol. The second-order valence-corrected chi connectivity index (χ2v) is 4.04. The Bertz CT molecular complexity index is 605. The van der Waals surface area contributed by atoms with Crippen molar-refractivity contribution in [1.82, 2.24) is 0 Å². The van der Waals surface area contributed by atoms with E-state index < -0.39 is 5.91 Å². The zero-order valence-electron chi connectivity index (χ0n) is 9.14. The highest BCUT2D eigenvalue weighted by molar-refractivity contribution is 5.96. The molecule has 0 aromatic heterocycles. The molecule has 3 rings (SSSR count). The van der Waals surface area contributed by atoms with Gasteiger partial charge in [0.2, 0.25) is 0 Å². The van der Waals surface area contributed by atoms with Crippen LogP contribution in [0.15, 0.2) is 42.5 Å². The number of hydrogen-bond donors (Lipinski definition) is 1. The number of fused-ring (bicyclic) bond motifs is 2. The molecule has 0 spiro atoms. The van der Waals surface area contributed by atoms with Gasteiger partial charge in [-0.05, 0) is 17.7 Å². The molecule has 0 saturated heterocycles. The Labute approximate surface area is 98.8 Å². The number of ether oxygens (including phenoxy) is 1. The van der Waals surface area contributed by atoms with E-state index in [9.17, 15) is 4.79 Å². The summed E-state index contributed by atoms with van der Waals surface area (Å²) < 4.78 is 5.77. The van der Waals surface area contributed by atoms with Crippen LogP contribution >= 0.6 is 0 Å². The van der Waals surface area contributed by atoms with Crippen LogP contribution in [-0.4, -0.2) is 5.91 Å². The molecule has 1 aliphatic rings. The van der Waals surface area contributed by atoms with Gasteiger partial charge in [-0.3, -0.25) is 4.79 Å². The lowest BCUT2D eigenvalue weighted by molar-refractivity contribution is 0.0998. The van der Waals surface area contributed by atoms with Gasteiger partial charge >= 0.3 is 0 Å². The van der Waals surface area contributed by atoms with Crippen LogP contribution in [0.3, 0.4) is 0 Å². The van der Waals surface area contributed by atoms with Crippen LogP contribution in [-0.2, 0) is 6.42 Å². The first-order valence-electron chi connectivity index (χ1n) is 5.43. The molecule has 3 heteroatoms. The van der Waals surface area contributed by atoms with Gasteiger partial charge in [0, 0.05) is 12.0 Å². The number of nitrogens with two attached hydrogens (primary N) is 1. The second-order valence-electron chi connectivity index (χ2n) is 4.04. The summed E-state index contributed by atoms with van der Waals surface area (Å²) >= 11 is 0. The van der Waals surface area contributed by atoms with E-state index in [0.29, 0.717) is 11.3 Å². The molecule has 84 valence electrons.